The van der Waals surface area contributed by atoms with Gasteiger partial charge in [0, 0.05) is 25.4 Å². The highest BCUT2D eigenvalue weighted by Gasteiger charge is 2.33. The molecule has 0 spiro atoms. The predicted molar refractivity (Wildman–Crippen MR) is 89.3 cm³/mol. The summed E-state index contributed by atoms with van der Waals surface area (Å²) in [5.41, 5.74) is 3.10. The second-order valence-corrected chi connectivity index (χ2v) is 6.21. The van der Waals surface area contributed by atoms with E-state index in [4.69, 9.17) is 4.74 Å². The third-order valence-corrected chi connectivity index (χ3v) is 4.65. The summed E-state index contributed by atoms with van der Waals surface area (Å²) in [5, 5.41) is 8.89. The lowest BCUT2D eigenvalue weighted by atomic mass is 10.0. The Kier molecular flexibility index (Phi) is 3.40. The van der Waals surface area contributed by atoms with Gasteiger partial charge in [0.1, 0.15) is 12.1 Å². The maximum Gasteiger partial charge on any atom is 0.254 e. The Hall–Kier alpha value is -2.64. The minimum Gasteiger partial charge on any atom is -0.481 e. The summed E-state index contributed by atoms with van der Waals surface area (Å²) in [5.74, 6) is 2.47. The van der Waals surface area contributed by atoms with Crippen LogP contribution in [-0.4, -0.2) is 43.0 Å². The van der Waals surface area contributed by atoms with Crippen LogP contribution in [-0.2, 0) is 7.05 Å². The van der Waals surface area contributed by atoms with Gasteiger partial charge in [-0.1, -0.05) is 0 Å². The van der Waals surface area contributed by atoms with E-state index in [2.05, 4.69) is 31.1 Å². The number of anilines is 1. The van der Waals surface area contributed by atoms with E-state index in [1.165, 1.54) is 0 Å². The van der Waals surface area contributed by atoms with Crippen LogP contribution in [0, 0.1) is 13.8 Å². The molecule has 0 amide bonds. The molecule has 0 saturated carbocycles. The predicted octanol–water partition coefficient (Wildman–Crippen LogP) is 1.82. The molecule has 8 nitrogen and oxygen atoms in total. The van der Waals surface area contributed by atoms with Crippen molar-refractivity contribution in [1.29, 1.82) is 0 Å². The van der Waals surface area contributed by atoms with Crippen LogP contribution in [0.5, 0.6) is 5.88 Å². The summed E-state index contributed by atoms with van der Waals surface area (Å²) < 4.78 is 9.24. The van der Waals surface area contributed by atoms with Gasteiger partial charge in [-0.05, 0) is 26.7 Å². The van der Waals surface area contributed by atoms with E-state index in [1.807, 2.05) is 30.1 Å². The SMILES string of the molecule is COc1c([C@@H]2CCCN2c2cc(C)nc3ncnn23)c(C)nn1C. The van der Waals surface area contributed by atoms with E-state index in [0.29, 0.717) is 5.78 Å². The number of ether oxygens (including phenoxy) is 1. The number of nitrogens with zero attached hydrogens (tertiary/aromatic N) is 7. The Labute approximate surface area is 140 Å². The van der Waals surface area contributed by atoms with Crippen molar-refractivity contribution < 1.29 is 4.74 Å². The van der Waals surface area contributed by atoms with E-state index in [1.54, 1.807) is 13.4 Å². The first-order chi connectivity index (χ1) is 11.6. The fraction of sp³-hybridized carbons (Fsp3) is 0.500. The van der Waals surface area contributed by atoms with Crippen LogP contribution in [0.4, 0.5) is 5.82 Å². The van der Waals surface area contributed by atoms with Gasteiger partial charge in [-0.15, -0.1) is 0 Å². The average molecular weight is 327 g/mol. The number of aromatic nitrogens is 6. The Morgan fingerprint density at radius 3 is 2.92 bits per heavy atom. The summed E-state index contributed by atoms with van der Waals surface area (Å²) >= 11 is 0. The Morgan fingerprint density at radius 1 is 1.29 bits per heavy atom. The van der Waals surface area contributed by atoms with Crippen LogP contribution in [0.1, 0.15) is 35.8 Å². The molecule has 1 saturated heterocycles. The van der Waals surface area contributed by atoms with E-state index in [9.17, 15) is 0 Å². The maximum atomic E-state index is 5.62. The van der Waals surface area contributed by atoms with Crippen LogP contribution in [0.15, 0.2) is 12.4 Å². The highest BCUT2D eigenvalue weighted by atomic mass is 16.5. The molecule has 1 fully saturated rings. The molecule has 0 radical (unpaired) electrons. The van der Waals surface area contributed by atoms with Crippen LogP contribution in [0.2, 0.25) is 0 Å². The van der Waals surface area contributed by atoms with E-state index in [0.717, 1.165) is 48.0 Å². The van der Waals surface area contributed by atoms with Crippen molar-refractivity contribution in [2.24, 2.45) is 7.05 Å². The highest BCUT2D eigenvalue weighted by molar-refractivity contribution is 5.52. The summed E-state index contributed by atoms with van der Waals surface area (Å²) in [6.45, 7) is 4.98. The van der Waals surface area contributed by atoms with Crippen molar-refractivity contribution in [3.63, 3.8) is 0 Å². The van der Waals surface area contributed by atoms with Crippen LogP contribution in [0.3, 0.4) is 0 Å². The van der Waals surface area contributed by atoms with Crippen molar-refractivity contribution in [2.45, 2.75) is 32.7 Å². The van der Waals surface area contributed by atoms with Gasteiger partial charge in [0.25, 0.3) is 5.78 Å². The van der Waals surface area contributed by atoms with Gasteiger partial charge < -0.3 is 9.64 Å². The lowest BCUT2D eigenvalue weighted by Gasteiger charge is -2.27. The van der Waals surface area contributed by atoms with E-state index < -0.39 is 0 Å². The Morgan fingerprint density at radius 2 is 2.12 bits per heavy atom. The van der Waals surface area contributed by atoms with Gasteiger partial charge >= 0.3 is 0 Å². The topological polar surface area (TPSA) is 73.4 Å². The number of hydrogen-bond donors (Lipinski definition) is 0. The maximum absolute atomic E-state index is 5.62. The zero-order valence-corrected chi connectivity index (χ0v) is 14.4. The minimum atomic E-state index is 0.211. The van der Waals surface area contributed by atoms with E-state index in [-0.39, 0.29) is 6.04 Å². The first-order valence-electron chi connectivity index (χ1n) is 8.11. The molecule has 3 aromatic heterocycles. The van der Waals surface area contributed by atoms with Crippen molar-refractivity contribution in [1.82, 2.24) is 29.4 Å². The number of fused-ring (bicyclic) bond motifs is 1. The molecule has 4 rings (SSSR count). The minimum absolute atomic E-state index is 0.211. The summed E-state index contributed by atoms with van der Waals surface area (Å²) in [6.07, 6.45) is 3.71. The fourth-order valence-electron chi connectivity index (χ4n) is 3.74. The first-order valence-corrected chi connectivity index (χ1v) is 8.11. The fourth-order valence-corrected chi connectivity index (χ4v) is 3.74. The molecule has 126 valence electrons. The third kappa shape index (κ3) is 2.13. The molecule has 0 aliphatic carbocycles. The first kappa shape index (κ1) is 14.9. The summed E-state index contributed by atoms with van der Waals surface area (Å²) in [6, 6.07) is 2.28. The summed E-state index contributed by atoms with van der Waals surface area (Å²) in [7, 11) is 3.62. The quantitative estimate of drug-likeness (QED) is 0.731. The molecule has 0 unspecified atom stereocenters. The molecule has 1 atom stereocenters. The summed E-state index contributed by atoms with van der Waals surface area (Å²) in [4.78, 5) is 11.0. The standard InChI is InChI=1S/C16H21N7O/c1-10-8-13(23-16(19-10)17-9-18-23)22-7-5-6-12(22)14-11(2)20-21(3)15(14)24-4/h8-9,12H,5-7H2,1-4H3/t12-/m0/s1. The van der Waals surface area contributed by atoms with Crippen molar-refractivity contribution in [2.75, 3.05) is 18.6 Å². The molecule has 8 heteroatoms. The van der Waals surface area contributed by atoms with Gasteiger partial charge in [0.2, 0.25) is 5.88 Å². The molecule has 0 aromatic carbocycles. The zero-order chi connectivity index (χ0) is 16.8. The molecular weight excluding hydrogens is 306 g/mol. The third-order valence-electron chi connectivity index (χ3n) is 4.65. The normalized spacial score (nSPS) is 17.8. The number of rotatable bonds is 3. The van der Waals surface area contributed by atoms with Gasteiger partial charge in [0.15, 0.2) is 0 Å². The number of hydrogen-bond acceptors (Lipinski definition) is 6. The molecule has 0 bridgehead atoms. The molecule has 3 aromatic rings. The van der Waals surface area contributed by atoms with Crippen LogP contribution < -0.4 is 9.64 Å². The zero-order valence-electron chi connectivity index (χ0n) is 14.4. The lowest BCUT2D eigenvalue weighted by Crippen LogP contribution is -2.26. The van der Waals surface area contributed by atoms with Gasteiger partial charge in [-0.25, -0.2) is 9.67 Å². The average Bonchev–Trinajstić information content (AvgIpc) is 3.24. The smallest absolute Gasteiger partial charge is 0.254 e. The van der Waals surface area contributed by atoms with Gasteiger partial charge in [-0.2, -0.15) is 19.7 Å². The lowest BCUT2D eigenvalue weighted by molar-refractivity contribution is 0.366. The molecule has 4 heterocycles. The molecule has 1 aliphatic rings. The highest BCUT2D eigenvalue weighted by Crippen LogP contribution is 2.41. The molecule has 24 heavy (non-hydrogen) atoms. The molecule has 1 aliphatic heterocycles. The van der Waals surface area contributed by atoms with Gasteiger partial charge in [-0.3, -0.25) is 0 Å². The monoisotopic (exact) mass is 327 g/mol. The van der Waals surface area contributed by atoms with Crippen LogP contribution >= 0.6 is 0 Å². The second kappa shape index (κ2) is 5.47. The second-order valence-electron chi connectivity index (χ2n) is 6.21. The largest absolute Gasteiger partial charge is 0.481 e. The number of aryl methyl sites for hydroxylation is 3. The van der Waals surface area contributed by atoms with Crippen molar-refractivity contribution in [3.8, 4) is 5.88 Å². The van der Waals surface area contributed by atoms with Crippen molar-refractivity contribution in [3.05, 3.63) is 29.3 Å². The Bertz CT molecular complexity index is 897. The van der Waals surface area contributed by atoms with Crippen LogP contribution in [0.25, 0.3) is 5.78 Å². The molecule has 0 N–H and O–H groups in total. The molecular formula is C16H21N7O. The van der Waals surface area contributed by atoms with E-state index >= 15 is 0 Å². The Balaban J connectivity index is 1.85. The van der Waals surface area contributed by atoms with Gasteiger partial charge in [0.05, 0.1) is 24.4 Å². The number of methoxy groups -OCH3 is 1. The van der Waals surface area contributed by atoms with Crippen molar-refractivity contribution >= 4 is 11.6 Å².